The third kappa shape index (κ3) is 6.66. The van der Waals surface area contributed by atoms with Gasteiger partial charge in [-0.25, -0.2) is 9.97 Å². The summed E-state index contributed by atoms with van der Waals surface area (Å²) in [6, 6.07) is 36.5. The largest absolute Gasteiger partial charge is 0.507 e. The summed E-state index contributed by atoms with van der Waals surface area (Å²) in [6.07, 6.45) is 1.92. The molecule has 0 radical (unpaired) electrons. The third-order valence-electron chi connectivity index (χ3n) is 11.2. The van der Waals surface area contributed by atoms with Gasteiger partial charge >= 0.3 is 0 Å². The minimum atomic E-state index is -0.266. The number of aromatic nitrogens is 4. The Kier molecular flexibility index (Phi) is 9.48. The summed E-state index contributed by atoms with van der Waals surface area (Å²) >= 11 is 0. The molecule has 0 fully saturated rings. The van der Waals surface area contributed by atoms with Gasteiger partial charge in [-0.05, 0) is 91.6 Å². The van der Waals surface area contributed by atoms with Crippen LogP contribution >= 0.6 is 0 Å². The van der Waals surface area contributed by atoms with E-state index in [1.807, 2.05) is 6.20 Å². The summed E-state index contributed by atoms with van der Waals surface area (Å²) in [5.74, 6) is 1.95. The first kappa shape index (κ1) is 39.5. The zero-order valence-corrected chi connectivity index (χ0v) is 37.1. The Hall–Kier alpha value is -4.73. The standard InChI is InChI=1S/C50H53N4O.Pt/c1-47(2,3)30-21-22-51-44(26-30)53-40-19-15-13-17-33(40)35-28-36-34-18-14-16-20-41(34)54(43(36)29-42(35)53)45-27-32(49(7,8)9)25-39(52-45)37-23-31(48(4,5)6)24-38(46(37)55)50(10,11)12;/h13-28,55H,1-12H3;/q-1;. The van der Waals surface area contributed by atoms with Crippen molar-refractivity contribution in [3.63, 3.8) is 0 Å². The Labute approximate surface area is 346 Å². The maximum atomic E-state index is 12.1. The minimum Gasteiger partial charge on any atom is -0.507 e. The van der Waals surface area contributed by atoms with Crippen LogP contribution < -0.4 is 0 Å². The summed E-state index contributed by atoms with van der Waals surface area (Å²) in [4.78, 5) is 10.4. The molecule has 56 heavy (non-hydrogen) atoms. The molecule has 0 saturated carbocycles. The number of pyridine rings is 2. The number of phenolic OH excluding ortho intramolecular Hbond substituents is 1. The van der Waals surface area contributed by atoms with Gasteiger partial charge in [0.15, 0.2) is 0 Å². The van der Waals surface area contributed by atoms with Crippen LogP contribution in [-0.2, 0) is 42.7 Å². The second-order valence-electron chi connectivity index (χ2n) is 19.4. The maximum absolute atomic E-state index is 12.1. The minimum absolute atomic E-state index is 0. The zero-order chi connectivity index (χ0) is 39.4. The molecule has 0 aliphatic carbocycles. The Morgan fingerprint density at radius 1 is 0.518 bits per heavy atom. The average molecular weight is 921 g/mol. The van der Waals surface area contributed by atoms with Crippen molar-refractivity contribution in [3.05, 3.63) is 126 Å². The summed E-state index contributed by atoms with van der Waals surface area (Å²) in [6.45, 7) is 26.6. The van der Waals surface area contributed by atoms with Crippen LogP contribution in [-0.4, -0.2) is 24.2 Å². The molecule has 6 heteroatoms. The fourth-order valence-electron chi connectivity index (χ4n) is 7.84. The first-order valence-corrected chi connectivity index (χ1v) is 19.5. The van der Waals surface area contributed by atoms with E-state index in [-0.39, 0.29) is 48.5 Å². The predicted molar refractivity (Wildman–Crippen MR) is 231 cm³/mol. The Balaban J connectivity index is 0.00000480. The van der Waals surface area contributed by atoms with Gasteiger partial charge in [-0.1, -0.05) is 137 Å². The van der Waals surface area contributed by atoms with Crippen molar-refractivity contribution in [1.29, 1.82) is 0 Å². The summed E-state index contributed by atoms with van der Waals surface area (Å²) < 4.78 is 4.52. The van der Waals surface area contributed by atoms with Crippen LogP contribution in [0.4, 0.5) is 0 Å². The van der Waals surface area contributed by atoms with Crippen LogP contribution in [0.5, 0.6) is 5.75 Å². The average Bonchev–Trinajstić information content (AvgIpc) is 3.61. The summed E-state index contributed by atoms with van der Waals surface area (Å²) in [5, 5.41) is 16.6. The van der Waals surface area contributed by atoms with Crippen molar-refractivity contribution in [1.82, 2.24) is 19.1 Å². The van der Waals surface area contributed by atoms with E-state index in [4.69, 9.17) is 9.97 Å². The molecule has 0 bridgehead atoms. The maximum Gasteiger partial charge on any atom is 0.136 e. The molecule has 0 spiro atoms. The number of aromatic hydroxyl groups is 1. The van der Waals surface area contributed by atoms with Gasteiger partial charge in [0, 0.05) is 49.4 Å². The van der Waals surface area contributed by atoms with Crippen LogP contribution in [0.1, 0.15) is 105 Å². The second kappa shape index (κ2) is 13.4. The molecule has 5 nitrogen and oxygen atoms in total. The Bertz CT molecular complexity index is 2810. The first-order valence-electron chi connectivity index (χ1n) is 19.5. The van der Waals surface area contributed by atoms with Crippen molar-refractivity contribution in [3.8, 4) is 28.6 Å². The van der Waals surface area contributed by atoms with Crippen molar-refractivity contribution < 1.29 is 26.2 Å². The van der Waals surface area contributed by atoms with E-state index in [1.54, 1.807) is 0 Å². The number of rotatable bonds is 3. The van der Waals surface area contributed by atoms with Gasteiger partial charge in [-0.2, -0.15) is 6.07 Å². The van der Waals surface area contributed by atoms with E-state index < -0.39 is 0 Å². The summed E-state index contributed by atoms with van der Waals surface area (Å²) in [5.41, 5.74) is 9.39. The fourth-order valence-corrected chi connectivity index (χ4v) is 7.84. The number of nitrogens with zero attached hydrogens (tertiary/aromatic N) is 4. The molecule has 0 amide bonds. The van der Waals surface area contributed by atoms with E-state index in [9.17, 15) is 5.11 Å². The number of hydrogen-bond acceptors (Lipinski definition) is 3. The molecule has 1 N–H and O–H groups in total. The smallest absolute Gasteiger partial charge is 0.136 e. The van der Waals surface area contributed by atoms with Gasteiger partial charge in [0.2, 0.25) is 0 Å². The molecule has 0 unspecified atom stereocenters. The number of fused-ring (bicyclic) bond motifs is 6. The first-order chi connectivity index (χ1) is 25.7. The van der Waals surface area contributed by atoms with E-state index in [0.29, 0.717) is 0 Å². The van der Waals surface area contributed by atoms with Gasteiger partial charge in [0.1, 0.15) is 17.4 Å². The second-order valence-corrected chi connectivity index (χ2v) is 19.4. The van der Waals surface area contributed by atoms with Crippen LogP contribution in [0.25, 0.3) is 66.5 Å². The molecule has 8 rings (SSSR count). The van der Waals surface area contributed by atoms with Crippen LogP contribution in [0.2, 0.25) is 0 Å². The van der Waals surface area contributed by atoms with Crippen molar-refractivity contribution in [2.45, 2.75) is 105 Å². The summed E-state index contributed by atoms with van der Waals surface area (Å²) in [7, 11) is 0. The Morgan fingerprint density at radius 2 is 1.02 bits per heavy atom. The molecule has 290 valence electrons. The molecule has 0 aliphatic rings. The van der Waals surface area contributed by atoms with Gasteiger partial charge in [0.05, 0.1) is 5.69 Å². The number of benzene rings is 4. The third-order valence-corrected chi connectivity index (χ3v) is 11.2. The molecule has 4 heterocycles. The van der Waals surface area contributed by atoms with E-state index in [0.717, 1.165) is 77.6 Å². The topological polar surface area (TPSA) is 55.9 Å². The molecule has 4 aromatic heterocycles. The van der Waals surface area contributed by atoms with E-state index >= 15 is 0 Å². The quantitative estimate of drug-likeness (QED) is 0.180. The van der Waals surface area contributed by atoms with Crippen LogP contribution in [0, 0.1) is 6.07 Å². The van der Waals surface area contributed by atoms with E-state index in [2.05, 4.69) is 189 Å². The SMILES string of the molecule is CC(C)(C)c1ccnc(-n2c3[c-]c4c(cc3c3ccccc32)c2ccccc2n4-c2cc(C(C)(C)C)cc(-c3cc(C(C)(C)C)cc(C(C)(C)C)c3O)n2)c1.[Pt]. The molecular formula is C50H53N4OPt-. The molecule has 4 aromatic carbocycles. The number of para-hydroxylation sites is 2. The zero-order valence-electron chi connectivity index (χ0n) is 34.8. The normalized spacial score (nSPS) is 12.9. The van der Waals surface area contributed by atoms with Gasteiger partial charge < -0.3 is 14.2 Å². The number of hydrogen-bond donors (Lipinski definition) is 1. The molecule has 0 saturated heterocycles. The van der Waals surface area contributed by atoms with Gasteiger partial charge in [-0.3, -0.25) is 0 Å². The predicted octanol–water partition coefficient (Wildman–Crippen LogP) is 13.0. The molecular weight excluding hydrogens is 868 g/mol. The van der Waals surface area contributed by atoms with Crippen molar-refractivity contribution >= 4 is 43.6 Å². The fraction of sp³-hybridized carbons (Fsp3) is 0.320. The van der Waals surface area contributed by atoms with Crippen molar-refractivity contribution in [2.24, 2.45) is 0 Å². The van der Waals surface area contributed by atoms with Crippen LogP contribution in [0.15, 0.2) is 97.2 Å². The van der Waals surface area contributed by atoms with Gasteiger partial charge in [0.25, 0.3) is 0 Å². The van der Waals surface area contributed by atoms with Gasteiger partial charge in [-0.15, -0.1) is 16.8 Å². The van der Waals surface area contributed by atoms with Crippen molar-refractivity contribution in [2.75, 3.05) is 0 Å². The monoisotopic (exact) mass is 920 g/mol. The Morgan fingerprint density at radius 3 is 1.55 bits per heavy atom. The van der Waals surface area contributed by atoms with Crippen LogP contribution in [0.3, 0.4) is 0 Å². The molecule has 0 atom stereocenters. The number of phenols is 1. The van der Waals surface area contributed by atoms with E-state index in [1.165, 1.54) is 11.1 Å². The molecule has 0 aliphatic heterocycles. The molecule has 8 aromatic rings.